The zero-order chi connectivity index (χ0) is 16.7. The summed E-state index contributed by atoms with van der Waals surface area (Å²) in [4.78, 5) is 4.68. The van der Waals surface area contributed by atoms with Crippen molar-refractivity contribution in [2.45, 2.75) is 11.8 Å². The minimum atomic E-state index is -0.0781. The van der Waals surface area contributed by atoms with E-state index in [1.165, 1.54) is 22.5 Å². The van der Waals surface area contributed by atoms with Crippen molar-refractivity contribution in [2.24, 2.45) is 0 Å². The molecule has 2 aliphatic rings. The topological polar surface area (TPSA) is 30.3 Å². The lowest BCUT2D eigenvalue weighted by molar-refractivity contribution is 0.271. The van der Waals surface area contributed by atoms with Crippen molar-refractivity contribution >= 4 is 5.69 Å². The Morgan fingerprint density at radius 2 is 1.92 bits per heavy atom. The highest BCUT2D eigenvalue weighted by Gasteiger charge is 2.48. The predicted octanol–water partition coefficient (Wildman–Crippen LogP) is 3.32. The summed E-state index contributed by atoms with van der Waals surface area (Å²) in [5.41, 5.74) is 5.88. The first-order valence-corrected chi connectivity index (χ1v) is 8.35. The smallest absolute Gasteiger partial charge is 0.0991 e. The van der Waals surface area contributed by atoms with Crippen LogP contribution in [0.25, 0.3) is 0 Å². The number of nitriles is 1. The molecule has 2 heterocycles. The predicted molar refractivity (Wildman–Crippen MR) is 97.0 cm³/mol. The second-order valence-corrected chi connectivity index (χ2v) is 6.93. The van der Waals surface area contributed by atoms with E-state index in [0.717, 1.165) is 25.1 Å². The van der Waals surface area contributed by atoms with Crippen LogP contribution in [0.1, 0.15) is 16.7 Å². The van der Waals surface area contributed by atoms with E-state index in [1.807, 2.05) is 6.07 Å². The molecule has 0 saturated carbocycles. The van der Waals surface area contributed by atoms with Crippen LogP contribution in [-0.4, -0.2) is 32.1 Å². The Morgan fingerprint density at radius 3 is 2.67 bits per heavy atom. The van der Waals surface area contributed by atoms with E-state index in [9.17, 15) is 5.26 Å². The van der Waals surface area contributed by atoms with Gasteiger partial charge in [0.2, 0.25) is 0 Å². The monoisotopic (exact) mass is 315 g/mol. The van der Waals surface area contributed by atoms with Gasteiger partial charge < -0.3 is 9.80 Å². The molecule has 1 unspecified atom stereocenters. The van der Waals surface area contributed by atoms with Gasteiger partial charge in [0, 0.05) is 31.5 Å². The van der Waals surface area contributed by atoms with Crippen LogP contribution < -0.4 is 4.90 Å². The largest absolute Gasteiger partial charge is 0.347 e. The molecular formula is C21H21N3. The number of hydrogen-bond acceptors (Lipinski definition) is 3. The van der Waals surface area contributed by atoms with Gasteiger partial charge in [0.1, 0.15) is 0 Å². The zero-order valence-electron chi connectivity index (χ0n) is 14.2. The maximum absolute atomic E-state index is 9.37. The molecule has 0 amide bonds. The molecule has 2 aromatic carbocycles. The number of fused-ring (bicyclic) bond motifs is 3. The van der Waals surface area contributed by atoms with Crippen molar-refractivity contribution < 1.29 is 0 Å². The lowest BCUT2D eigenvalue weighted by atomic mass is 9.72. The van der Waals surface area contributed by atoms with Gasteiger partial charge in [-0.1, -0.05) is 30.3 Å². The minimum absolute atomic E-state index is 0.0781. The molecular weight excluding hydrogens is 294 g/mol. The maximum Gasteiger partial charge on any atom is 0.0991 e. The molecule has 0 bridgehead atoms. The maximum atomic E-state index is 9.37. The van der Waals surface area contributed by atoms with Crippen molar-refractivity contribution in [1.29, 1.82) is 5.26 Å². The molecule has 2 aromatic rings. The molecule has 0 radical (unpaired) electrons. The first kappa shape index (κ1) is 15.0. The van der Waals surface area contributed by atoms with Crippen molar-refractivity contribution in [2.75, 3.05) is 32.1 Å². The molecule has 24 heavy (non-hydrogen) atoms. The molecule has 3 nitrogen and oxygen atoms in total. The Bertz CT molecular complexity index is 847. The summed E-state index contributed by atoms with van der Waals surface area (Å²) < 4.78 is 0. The normalized spacial score (nSPS) is 22.5. The van der Waals surface area contributed by atoms with Crippen LogP contribution >= 0.6 is 0 Å². The van der Waals surface area contributed by atoms with Crippen molar-refractivity contribution in [3.05, 3.63) is 77.0 Å². The number of nitrogens with zero attached hydrogens (tertiary/aromatic N) is 3. The average molecular weight is 315 g/mol. The molecule has 0 N–H and O–H groups in total. The zero-order valence-corrected chi connectivity index (χ0v) is 14.2. The fourth-order valence-corrected chi connectivity index (χ4v) is 4.32. The number of benzene rings is 2. The number of anilines is 1. The quantitative estimate of drug-likeness (QED) is 0.851. The minimum Gasteiger partial charge on any atom is -0.347 e. The second kappa shape index (κ2) is 5.51. The Morgan fingerprint density at radius 1 is 1.12 bits per heavy atom. The van der Waals surface area contributed by atoms with E-state index in [2.05, 4.69) is 78.5 Å². The average Bonchev–Trinajstić information content (AvgIpc) is 2.83. The fraction of sp³-hybridized carbons (Fsp3) is 0.286. The Hall–Kier alpha value is -2.57. The standard InChI is InChI=1S/C21H21N3/c1-23-11-10-20-21(15-23,13-16-6-4-3-5-7-16)18-12-17(14-22)8-9-19(18)24(20)2/h3-10,12H,11,13,15H2,1-2H3. The summed E-state index contributed by atoms with van der Waals surface area (Å²) in [6, 6.07) is 19.1. The van der Waals surface area contributed by atoms with Crippen LogP contribution in [0.15, 0.2) is 60.3 Å². The van der Waals surface area contributed by atoms with E-state index in [4.69, 9.17) is 0 Å². The number of hydrogen-bond donors (Lipinski definition) is 0. The van der Waals surface area contributed by atoms with E-state index in [0.29, 0.717) is 0 Å². The molecule has 120 valence electrons. The molecule has 4 rings (SSSR count). The number of rotatable bonds is 2. The molecule has 0 spiro atoms. The lowest BCUT2D eigenvalue weighted by Gasteiger charge is -2.40. The van der Waals surface area contributed by atoms with Gasteiger partial charge in [-0.3, -0.25) is 0 Å². The van der Waals surface area contributed by atoms with E-state index >= 15 is 0 Å². The third-order valence-electron chi connectivity index (χ3n) is 5.34. The Balaban J connectivity index is 1.92. The van der Waals surface area contributed by atoms with Gasteiger partial charge >= 0.3 is 0 Å². The molecule has 0 aliphatic carbocycles. The van der Waals surface area contributed by atoms with Gasteiger partial charge in [-0.25, -0.2) is 0 Å². The summed E-state index contributed by atoms with van der Waals surface area (Å²) in [6.07, 6.45) is 3.30. The second-order valence-electron chi connectivity index (χ2n) is 6.93. The summed E-state index contributed by atoms with van der Waals surface area (Å²) >= 11 is 0. The van der Waals surface area contributed by atoms with E-state index in [1.54, 1.807) is 0 Å². The SMILES string of the molecule is CN1CC=C2N(C)c3ccc(C#N)cc3C2(Cc2ccccc2)C1. The Kier molecular flexibility index (Phi) is 3.44. The highest BCUT2D eigenvalue weighted by molar-refractivity contribution is 5.73. The molecule has 0 aromatic heterocycles. The van der Waals surface area contributed by atoms with Gasteiger partial charge in [-0.15, -0.1) is 0 Å². The Labute approximate surface area is 143 Å². The van der Waals surface area contributed by atoms with Crippen LogP contribution in [0, 0.1) is 11.3 Å². The highest BCUT2D eigenvalue weighted by Crippen LogP contribution is 2.51. The van der Waals surface area contributed by atoms with Gasteiger partial charge in [0.15, 0.2) is 0 Å². The lowest BCUT2D eigenvalue weighted by Crippen LogP contribution is -2.46. The first-order chi connectivity index (χ1) is 11.6. The van der Waals surface area contributed by atoms with Crippen LogP contribution in [0.2, 0.25) is 0 Å². The highest BCUT2D eigenvalue weighted by atomic mass is 15.2. The van der Waals surface area contributed by atoms with Gasteiger partial charge in [-0.2, -0.15) is 5.26 Å². The van der Waals surface area contributed by atoms with Crippen molar-refractivity contribution in [1.82, 2.24) is 4.90 Å². The summed E-state index contributed by atoms with van der Waals surface area (Å²) in [7, 11) is 4.32. The van der Waals surface area contributed by atoms with E-state index in [-0.39, 0.29) is 5.41 Å². The summed E-state index contributed by atoms with van der Waals surface area (Å²) in [6.45, 7) is 1.94. The third kappa shape index (κ3) is 2.15. The van der Waals surface area contributed by atoms with Gasteiger partial charge in [0.05, 0.1) is 17.0 Å². The van der Waals surface area contributed by atoms with E-state index < -0.39 is 0 Å². The first-order valence-electron chi connectivity index (χ1n) is 8.35. The van der Waals surface area contributed by atoms with Crippen LogP contribution in [0.4, 0.5) is 5.69 Å². The van der Waals surface area contributed by atoms with Crippen LogP contribution in [-0.2, 0) is 11.8 Å². The van der Waals surface area contributed by atoms with Crippen molar-refractivity contribution in [3.63, 3.8) is 0 Å². The summed E-state index contributed by atoms with van der Waals surface area (Å²) in [5.74, 6) is 0. The van der Waals surface area contributed by atoms with Crippen LogP contribution in [0.3, 0.4) is 0 Å². The molecule has 0 fully saturated rings. The van der Waals surface area contributed by atoms with Crippen molar-refractivity contribution in [3.8, 4) is 6.07 Å². The molecule has 2 aliphatic heterocycles. The molecule has 0 saturated heterocycles. The summed E-state index contributed by atoms with van der Waals surface area (Å²) in [5, 5.41) is 9.37. The van der Waals surface area contributed by atoms with Gasteiger partial charge in [0.25, 0.3) is 0 Å². The molecule has 3 heteroatoms. The van der Waals surface area contributed by atoms with Gasteiger partial charge in [-0.05, 0) is 48.9 Å². The fourth-order valence-electron chi connectivity index (χ4n) is 4.32. The molecule has 1 atom stereocenters. The third-order valence-corrected chi connectivity index (χ3v) is 5.34. The number of likely N-dealkylation sites (N-methyl/N-ethyl adjacent to an activating group) is 2. The van der Waals surface area contributed by atoms with Crippen LogP contribution in [0.5, 0.6) is 0 Å².